The lowest BCUT2D eigenvalue weighted by molar-refractivity contribution is 0.0949. The number of aliphatic imine (C=N–C) groups is 1. The molecule has 0 aliphatic rings. The zero-order valence-corrected chi connectivity index (χ0v) is 29.9. The third kappa shape index (κ3) is 10.6. The zero-order valence-electron chi connectivity index (χ0n) is 25.8. The summed E-state index contributed by atoms with van der Waals surface area (Å²) in [4.78, 5) is 61.2. The number of thiazole rings is 1. The number of benzene rings is 1. The van der Waals surface area contributed by atoms with Gasteiger partial charge >= 0.3 is 0 Å². The number of amides is 2. The van der Waals surface area contributed by atoms with E-state index in [0.717, 1.165) is 34.9 Å². The molecule has 3 aromatic heterocycles. The molecule has 3 heterocycles. The van der Waals surface area contributed by atoms with Gasteiger partial charge in [0.1, 0.15) is 28.5 Å². The van der Waals surface area contributed by atoms with E-state index >= 15 is 0 Å². The Bertz CT molecular complexity index is 1590. The van der Waals surface area contributed by atoms with E-state index in [4.69, 9.17) is 4.98 Å². The number of rotatable bonds is 10. The first kappa shape index (κ1) is 37.2. The van der Waals surface area contributed by atoms with Crippen LogP contribution in [-0.4, -0.2) is 86.8 Å². The van der Waals surface area contributed by atoms with Gasteiger partial charge in [0.15, 0.2) is 5.78 Å². The molecule has 15 heteroatoms. The maximum absolute atomic E-state index is 11.6. The first-order chi connectivity index (χ1) is 21.1. The summed E-state index contributed by atoms with van der Waals surface area (Å²) in [6.07, 6.45) is 8.22. The van der Waals surface area contributed by atoms with Crippen LogP contribution in [0.4, 0.5) is 5.69 Å². The highest BCUT2D eigenvalue weighted by Gasteiger charge is 2.12. The molecule has 0 atom stereocenters. The van der Waals surface area contributed by atoms with Crippen molar-refractivity contribution in [2.24, 2.45) is 4.99 Å². The highest BCUT2D eigenvalue weighted by Crippen LogP contribution is 2.27. The van der Waals surface area contributed by atoms with Gasteiger partial charge in [-0.05, 0) is 43.5 Å². The molecule has 0 bridgehead atoms. The van der Waals surface area contributed by atoms with Crippen molar-refractivity contribution in [1.29, 1.82) is 0 Å². The van der Waals surface area contributed by atoms with Crippen molar-refractivity contribution >= 4 is 73.9 Å². The minimum atomic E-state index is -0.324. The molecule has 0 fully saturated rings. The van der Waals surface area contributed by atoms with Gasteiger partial charge in [0.2, 0.25) is 0 Å². The molecule has 0 aliphatic carbocycles. The van der Waals surface area contributed by atoms with Crippen molar-refractivity contribution in [2.75, 3.05) is 33.0 Å². The van der Waals surface area contributed by atoms with Gasteiger partial charge in [-0.25, -0.2) is 24.9 Å². The highest BCUT2D eigenvalue weighted by molar-refractivity contribution is 9.09. The molecule has 4 rings (SSSR count). The molecule has 45 heavy (non-hydrogen) atoms. The van der Waals surface area contributed by atoms with Crippen LogP contribution < -0.4 is 10.6 Å². The summed E-state index contributed by atoms with van der Waals surface area (Å²) in [5.74, 6) is -0.746. The summed E-state index contributed by atoms with van der Waals surface area (Å²) >= 11 is 4.61. The monoisotopic (exact) mass is 759 g/mol. The van der Waals surface area contributed by atoms with Gasteiger partial charge < -0.3 is 15.5 Å². The quantitative estimate of drug-likeness (QED) is 0.101. The van der Waals surface area contributed by atoms with Gasteiger partial charge in [-0.2, -0.15) is 0 Å². The Hall–Kier alpha value is -3.95. The predicted octanol–water partition coefficient (Wildman–Crippen LogP) is 4.77. The fourth-order valence-electron chi connectivity index (χ4n) is 3.60. The maximum Gasteiger partial charge on any atom is 0.271 e. The average molecular weight is 762 g/mol. The fraction of sp³-hybridized carbons (Fsp3) is 0.300. The number of aromatic nitrogens is 5. The number of nitrogens with one attached hydrogen (secondary N) is 2. The van der Waals surface area contributed by atoms with Crippen LogP contribution in [0.2, 0.25) is 0 Å². The van der Waals surface area contributed by atoms with Crippen LogP contribution in [0.3, 0.4) is 0 Å². The number of aryl methyl sites for hydroxylation is 2. The van der Waals surface area contributed by atoms with E-state index in [0.29, 0.717) is 5.69 Å². The minimum Gasteiger partial charge on any atom is -0.366 e. The van der Waals surface area contributed by atoms with Crippen LogP contribution in [0, 0.1) is 13.8 Å². The minimum absolute atomic E-state index is 0. The van der Waals surface area contributed by atoms with Crippen molar-refractivity contribution in [1.82, 2.24) is 40.5 Å². The van der Waals surface area contributed by atoms with E-state index < -0.39 is 0 Å². The Labute approximate surface area is 285 Å². The molecular weight excluding hydrogens is 726 g/mol. The lowest BCUT2D eigenvalue weighted by atomic mass is 10.0. The third-order valence-corrected chi connectivity index (χ3v) is 7.69. The molecule has 2 N–H and O–H groups in total. The van der Waals surface area contributed by atoms with Gasteiger partial charge in [-0.1, -0.05) is 22.0 Å². The number of ketones is 1. The molecule has 12 nitrogen and oxygen atoms in total. The highest BCUT2D eigenvalue weighted by atomic mass is 79.9. The van der Waals surface area contributed by atoms with E-state index in [1.807, 2.05) is 23.7 Å². The van der Waals surface area contributed by atoms with E-state index in [-0.39, 0.29) is 57.0 Å². The maximum atomic E-state index is 11.6. The van der Waals surface area contributed by atoms with Crippen LogP contribution in [0.25, 0.3) is 11.4 Å². The third-order valence-electron chi connectivity index (χ3n) is 6.33. The SMILES string of the molecule is Br.CCN(C)C=Nc1cc(C)c(Cc2nc(-c3cnc(C(=O)NC)cn3)cs2)cc1C.CNC(=O)c1cnc(C(=O)CBr)cn1. The van der Waals surface area contributed by atoms with Crippen LogP contribution in [-0.2, 0) is 6.42 Å². The predicted molar refractivity (Wildman–Crippen MR) is 186 cm³/mol. The molecule has 2 amide bonds. The second-order valence-electron chi connectivity index (χ2n) is 9.48. The number of hydrogen-bond acceptors (Lipinski definition) is 10. The lowest BCUT2D eigenvalue weighted by Crippen LogP contribution is -2.20. The van der Waals surface area contributed by atoms with Gasteiger partial charge in [0.05, 0.1) is 47.2 Å². The number of carbonyl (C=O) groups is 3. The van der Waals surface area contributed by atoms with Crippen LogP contribution >= 0.6 is 44.2 Å². The normalized spacial score (nSPS) is 10.4. The first-order valence-corrected chi connectivity index (χ1v) is 15.6. The molecule has 1 aromatic carbocycles. The zero-order chi connectivity index (χ0) is 32.2. The Morgan fingerprint density at radius 3 is 2.04 bits per heavy atom. The second-order valence-corrected chi connectivity index (χ2v) is 11.0. The average Bonchev–Trinajstić information content (AvgIpc) is 3.53. The summed E-state index contributed by atoms with van der Waals surface area (Å²) in [5.41, 5.74) is 6.71. The summed E-state index contributed by atoms with van der Waals surface area (Å²) in [6, 6.07) is 4.31. The van der Waals surface area contributed by atoms with E-state index in [9.17, 15) is 14.4 Å². The van der Waals surface area contributed by atoms with E-state index in [2.05, 4.69) is 84.4 Å². The molecule has 238 valence electrons. The lowest BCUT2D eigenvalue weighted by Gasteiger charge is -2.11. The number of nitrogens with zero attached hydrogens (tertiary/aromatic N) is 7. The smallest absolute Gasteiger partial charge is 0.271 e. The topological polar surface area (TPSA) is 155 Å². The Morgan fingerprint density at radius 1 is 0.911 bits per heavy atom. The molecule has 0 aliphatic heterocycles. The Morgan fingerprint density at radius 2 is 1.51 bits per heavy atom. The van der Waals surface area contributed by atoms with Gasteiger partial charge in [-0.15, -0.1) is 28.3 Å². The van der Waals surface area contributed by atoms with Gasteiger partial charge in [0.25, 0.3) is 11.8 Å². The second kappa shape index (κ2) is 18.1. The molecular formula is C30H35Br2N9O3S. The van der Waals surface area contributed by atoms with Crippen molar-refractivity contribution in [3.63, 3.8) is 0 Å². The van der Waals surface area contributed by atoms with Crippen molar-refractivity contribution in [3.05, 3.63) is 81.1 Å². The fourth-order valence-corrected chi connectivity index (χ4v) is 4.70. The number of hydrogen-bond donors (Lipinski definition) is 2. The van der Waals surface area contributed by atoms with Gasteiger partial charge in [0, 0.05) is 39.5 Å². The number of alkyl halides is 1. The summed E-state index contributed by atoms with van der Waals surface area (Å²) in [5, 5.41) is 8.12. The molecule has 0 saturated heterocycles. The summed E-state index contributed by atoms with van der Waals surface area (Å²) < 4.78 is 0. The van der Waals surface area contributed by atoms with Crippen LogP contribution in [0.1, 0.15) is 60.1 Å². The van der Waals surface area contributed by atoms with Crippen molar-refractivity contribution in [2.45, 2.75) is 27.2 Å². The van der Waals surface area contributed by atoms with Gasteiger partial charge in [-0.3, -0.25) is 19.4 Å². The van der Waals surface area contributed by atoms with Crippen LogP contribution in [0.15, 0.2) is 47.3 Å². The first-order valence-electron chi connectivity index (χ1n) is 13.6. The standard InChI is InChI=1S/C22H26N6OS.C8H8BrN3O2.BrH/c1-6-28(5)13-26-17-8-14(2)16(7-15(17)3)9-21-27-20(12-30-21)18-10-25-19(11-24-18)22(29)23-4;1-10-8(14)6-4-11-5(3-12-6)7(13)2-9;/h7-8,10-13H,6,9H2,1-5H3,(H,23,29);3-4H,2H2,1H3,(H,10,14);1H. The Kier molecular flexibility index (Phi) is 15.0. The van der Waals surface area contributed by atoms with Crippen molar-refractivity contribution < 1.29 is 14.4 Å². The summed E-state index contributed by atoms with van der Waals surface area (Å²) in [6.45, 7) is 7.20. The molecule has 0 radical (unpaired) electrons. The number of halogens is 2. The molecule has 0 spiro atoms. The Balaban J connectivity index is 0.000000396. The molecule has 0 saturated carbocycles. The summed E-state index contributed by atoms with van der Waals surface area (Å²) in [7, 11) is 5.08. The largest absolute Gasteiger partial charge is 0.366 e. The van der Waals surface area contributed by atoms with E-state index in [1.54, 1.807) is 24.6 Å². The number of Topliss-reactive ketones (excluding diaryl/α,β-unsaturated/α-hetero) is 1. The molecule has 4 aromatic rings. The van der Waals surface area contributed by atoms with Crippen LogP contribution in [0.5, 0.6) is 0 Å². The van der Waals surface area contributed by atoms with Crippen molar-refractivity contribution in [3.8, 4) is 11.4 Å². The van der Waals surface area contributed by atoms with E-state index in [1.165, 1.54) is 36.8 Å². The molecule has 0 unspecified atom stereocenters. The number of carbonyl (C=O) groups excluding carboxylic acids is 3.